The summed E-state index contributed by atoms with van der Waals surface area (Å²) in [6.45, 7) is 4.00. The van der Waals surface area contributed by atoms with Gasteiger partial charge in [-0.05, 0) is 79.5 Å². The summed E-state index contributed by atoms with van der Waals surface area (Å²) in [5.74, 6) is -1.80. The number of ether oxygens (including phenoxy) is 1. The van der Waals surface area contributed by atoms with Crippen molar-refractivity contribution in [2.24, 2.45) is 5.92 Å². The molecule has 1 unspecified atom stereocenters. The molecule has 1 aliphatic rings. The Kier molecular flexibility index (Phi) is 7.02. The van der Waals surface area contributed by atoms with Crippen molar-refractivity contribution in [1.82, 2.24) is 0 Å². The van der Waals surface area contributed by atoms with Crippen LogP contribution in [0.2, 0.25) is 0 Å². The van der Waals surface area contributed by atoms with Gasteiger partial charge in [-0.1, -0.05) is 54.6 Å². The fraction of sp³-hybridized carbons (Fsp3) is 0.241. The van der Waals surface area contributed by atoms with Crippen LogP contribution < -0.4 is 4.74 Å². The van der Waals surface area contributed by atoms with Crippen LogP contribution in [0.5, 0.6) is 5.75 Å². The van der Waals surface area contributed by atoms with E-state index in [0.29, 0.717) is 22.6 Å². The summed E-state index contributed by atoms with van der Waals surface area (Å²) in [4.78, 5) is 0. The zero-order valence-corrected chi connectivity index (χ0v) is 18.9. The molecule has 0 amide bonds. The van der Waals surface area contributed by atoms with Crippen LogP contribution in [0.3, 0.4) is 0 Å². The van der Waals surface area contributed by atoms with Crippen molar-refractivity contribution in [1.29, 1.82) is 0 Å². The molecule has 0 saturated carbocycles. The quantitative estimate of drug-likeness (QED) is 0.343. The Morgan fingerprint density at radius 2 is 1.55 bits per heavy atom. The van der Waals surface area contributed by atoms with Gasteiger partial charge < -0.3 is 4.74 Å². The molecule has 0 saturated heterocycles. The van der Waals surface area contributed by atoms with Gasteiger partial charge in [0.2, 0.25) is 5.82 Å². The van der Waals surface area contributed by atoms with E-state index >= 15 is 0 Å². The maximum atomic E-state index is 15.0. The molecule has 1 atom stereocenters. The number of hydrogen-bond acceptors (Lipinski definition) is 1. The lowest BCUT2D eigenvalue weighted by Gasteiger charge is -2.20. The molecule has 0 spiro atoms. The van der Waals surface area contributed by atoms with E-state index in [9.17, 15) is 13.2 Å². The van der Waals surface area contributed by atoms with Gasteiger partial charge in [-0.25, -0.2) is 8.78 Å². The molecule has 0 bridgehead atoms. The van der Waals surface area contributed by atoms with Crippen molar-refractivity contribution >= 4 is 5.57 Å². The standard InChI is InChI=1S/C29H27F3O/c1-3-5-19-6-8-20(9-7-19)23-14-15-24(26(30)18-23)21-10-12-22(13-11-21)25-16-17-27(33-4-2)29(32)28(25)31/h3,5,8,10-19H,4,6-7,9H2,1-2H3. The molecule has 0 aromatic heterocycles. The molecule has 0 N–H and O–H groups in total. The Labute approximate surface area is 193 Å². The molecule has 3 aromatic rings. The molecule has 0 radical (unpaired) electrons. The number of halogens is 3. The van der Waals surface area contributed by atoms with Crippen LogP contribution in [0, 0.1) is 23.4 Å². The van der Waals surface area contributed by atoms with Crippen LogP contribution in [0.25, 0.3) is 27.8 Å². The molecule has 0 heterocycles. The van der Waals surface area contributed by atoms with Crippen LogP contribution in [-0.4, -0.2) is 6.61 Å². The molecule has 1 nitrogen and oxygen atoms in total. The van der Waals surface area contributed by atoms with Gasteiger partial charge in [0.05, 0.1) is 6.61 Å². The van der Waals surface area contributed by atoms with Crippen LogP contribution in [-0.2, 0) is 0 Å². The van der Waals surface area contributed by atoms with E-state index in [2.05, 4.69) is 18.2 Å². The third kappa shape index (κ3) is 4.90. The Hall–Kier alpha value is -3.27. The van der Waals surface area contributed by atoms with Crippen LogP contribution >= 0.6 is 0 Å². The maximum Gasteiger partial charge on any atom is 0.201 e. The maximum absolute atomic E-state index is 15.0. The summed E-state index contributed by atoms with van der Waals surface area (Å²) in [7, 11) is 0. The highest BCUT2D eigenvalue weighted by molar-refractivity contribution is 5.74. The third-order valence-corrected chi connectivity index (χ3v) is 6.11. The first-order valence-electron chi connectivity index (χ1n) is 11.3. The van der Waals surface area contributed by atoms with Gasteiger partial charge in [0, 0.05) is 11.1 Å². The summed E-state index contributed by atoms with van der Waals surface area (Å²) in [5.41, 5.74) is 3.91. The molecule has 0 fully saturated rings. The zero-order valence-electron chi connectivity index (χ0n) is 18.9. The molecule has 1 aliphatic carbocycles. The van der Waals surface area contributed by atoms with E-state index in [1.165, 1.54) is 17.7 Å². The fourth-order valence-corrected chi connectivity index (χ4v) is 4.36. The number of allylic oxidation sites excluding steroid dienone is 4. The average Bonchev–Trinajstić information content (AvgIpc) is 2.83. The van der Waals surface area contributed by atoms with Crippen molar-refractivity contribution in [2.75, 3.05) is 6.61 Å². The van der Waals surface area contributed by atoms with Gasteiger partial charge in [-0.2, -0.15) is 4.39 Å². The predicted molar refractivity (Wildman–Crippen MR) is 128 cm³/mol. The smallest absolute Gasteiger partial charge is 0.201 e. The van der Waals surface area contributed by atoms with E-state index in [1.54, 1.807) is 43.3 Å². The van der Waals surface area contributed by atoms with E-state index in [4.69, 9.17) is 4.74 Å². The van der Waals surface area contributed by atoms with Gasteiger partial charge in [-0.15, -0.1) is 0 Å². The monoisotopic (exact) mass is 448 g/mol. The highest BCUT2D eigenvalue weighted by Crippen LogP contribution is 2.35. The van der Waals surface area contributed by atoms with E-state index in [1.807, 2.05) is 13.0 Å². The predicted octanol–water partition coefficient (Wildman–Crippen LogP) is 8.60. The first-order valence-corrected chi connectivity index (χ1v) is 11.3. The van der Waals surface area contributed by atoms with Gasteiger partial charge in [-0.3, -0.25) is 0 Å². The molecule has 4 heteroatoms. The Morgan fingerprint density at radius 1 is 0.879 bits per heavy atom. The van der Waals surface area contributed by atoms with Crippen molar-refractivity contribution in [3.8, 4) is 28.0 Å². The lowest BCUT2D eigenvalue weighted by atomic mass is 9.86. The summed E-state index contributed by atoms with van der Waals surface area (Å²) >= 11 is 0. The zero-order chi connectivity index (χ0) is 23.4. The highest BCUT2D eigenvalue weighted by Gasteiger charge is 2.17. The summed E-state index contributed by atoms with van der Waals surface area (Å²) in [5, 5.41) is 0. The van der Waals surface area contributed by atoms with E-state index in [0.717, 1.165) is 24.8 Å². The average molecular weight is 449 g/mol. The first-order chi connectivity index (χ1) is 16.0. The summed E-state index contributed by atoms with van der Waals surface area (Å²) < 4.78 is 48.8. The van der Waals surface area contributed by atoms with Gasteiger partial charge in [0.15, 0.2) is 11.6 Å². The number of hydrogen-bond donors (Lipinski definition) is 0. The minimum atomic E-state index is -1.01. The highest BCUT2D eigenvalue weighted by atomic mass is 19.2. The van der Waals surface area contributed by atoms with Crippen LogP contribution in [0.15, 0.2) is 72.8 Å². The minimum absolute atomic E-state index is 0.108. The molecule has 3 aromatic carbocycles. The normalized spacial score (nSPS) is 16.2. The molecule has 4 rings (SSSR count). The SMILES string of the molecule is CC=CC1CC=C(c2ccc(-c3ccc(-c4ccc(OCC)c(F)c4F)cc3)c(F)c2)CC1. The number of benzene rings is 3. The van der Waals surface area contributed by atoms with Crippen molar-refractivity contribution in [3.63, 3.8) is 0 Å². The molecule has 33 heavy (non-hydrogen) atoms. The second kappa shape index (κ2) is 10.1. The Morgan fingerprint density at radius 3 is 2.15 bits per heavy atom. The lowest BCUT2D eigenvalue weighted by molar-refractivity contribution is 0.314. The van der Waals surface area contributed by atoms with E-state index < -0.39 is 11.6 Å². The van der Waals surface area contributed by atoms with Crippen molar-refractivity contribution in [3.05, 3.63) is 95.8 Å². The molecule has 0 aliphatic heterocycles. The Balaban J connectivity index is 1.56. The van der Waals surface area contributed by atoms with Gasteiger partial charge >= 0.3 is 0 Å². The van der Waals surface area contributed by atoms with Crippen LogP contribution in [0.4, 0.5) is 13.2 Å². The Bertz CT molecular complexity index is 1190. The van der Waals surface area contributed by atoms with Crippen LogP contribution in [0.1, 0.15) is 38.7 Å². The molecule has 170 valence electrons. The summed E-state index contributed by atoms with van der Waals surface area (Å²) in [6.07, 6.45) is 9.52. The topological polar surface area (TPSA) is 9.23 Å². The molecular formula is C29H27F3O. The fourth-order valence-electron chi connectivity index (χ4n) is 4.36. The van der Waals surface area contributed by atoms with Crippen molar-refractivity contribution in [2.45, 2.75) is 33.1 Å². The summed E-state index contributed by atoms with van der Waals surface area (Å²) in [6, 6.07) is 15.0. The third-order valence-electron chi connectivity index (χ3n) is 6.11. The number of rotatable bonds is 6. The van der Waals surface area contributed by atoms with Crippen molar-refractivity contribution < 1.29 is 17.9 Å². The van der Waals surface area contributed by atoms with Gasteiger partial charge in [0.25, 0.3) is 0 Å². The second-order valence-electron chi connectivity index (χ2n) is 8.23. The second-order valence-corrected chi connectivity index (χ2v) is 8.23. The largest absolute Gasteiger partial charge is 0.491 e. The van der Waals surface area contributed by atoms with E-state index in [-0.39, 0.29) is 23.7 Å². The molecular weight excluding hydrogens is 421 g/mol. The first kappa shape index (κ1) is 22.9. The minimum Gasteiger partial charge on any atom is -0.491 e. The van der Waals surface area contributed by atoms with Gasteiger partial charge in [0.1, 0.15) is 5.82 Å². The lowest BCUT2D eigenvalue weighted by Crippen LogP contribution is -2.02.